The van der Waals surface area contributed by atoms with E-state index >= 15 is 0 Å². The minimum Gasteiger partial charge on any atom is -0.480 e. The molecule has 0 fully saturated rings. The monoisotopic (exact) mass is 202 g/mol. The first kappa shape index (κ1) is 12.7. The van der Waals surface area contributed by atoms with E-state index in [9.17, 15) is 9.59 Å². The lowest BCUT2D eigenvalue weighted by atomic mass is 10.1. The number of carboxylic acid groups (broad SMARTS) is 1. The molecule has 1 atom stereocenters. The van der Waals surface area contributed by atoms with Crippen molar-refractivity contribution in [3.63, 3.8) is 0 Å². The molecule has 0 heterocycles. The van der Waals surface area contributed by atoms with E-state index in [0.717, 1.165) is 12.8 Å². The molecule has 5 nitrogen and oxygen atoms in total. The zero-order valence-corrected chi connectivity index (χ0v) is 8.67. The molecule has 0 spiro atoms. The van der Waals surface area contributed by atoms with Crippen LogP contribution < -0.4 is 10.6 Å². The molecular weight excluding hydrogens is 184 g/mol. The molecule has 0 aromatic rings. The summed E-state index contributed by atoms with van der Waals surface area (Å²) in [6.07, 6.45) is 2.19. The van der Waals surface area contributed by atoms with Gasteiger partial charge in [0.15, 0.2) is 0 Å². The minimum absolute atomic E-state index is 0.420. The number of aliphatic carboxylic acids is 1. The van der Waals surface area contributed by atoms with E-state index < -0.39 is 18.0 Å². The normalized spacial score (nSPS) is 11.9. The fraction of sp³-hybridized carbons (Fsp3) is 0.778. The average molecular weight is 202 g/mol. The van der Waals surface area contributed by atoms with Crippen molar-refractivity contribution >= 4 is 12.0 Å². The Hall–Kier alpha value is -1.26. The van der Waals surface area contributed by atoms with Gasteiger partial charge in [0.1, 0.15) is 6.04 Å². The molecule has 0 saturated carbocycles. The molecule has 0 radical (unpaired) electrons. The molecule has 0 aliphatic heterocycles. The van der Waals surface area contributed by atoms with Crippen molar-refractivity contribution in [3.8, 4) is 0 Å². The van der Waals surface area contributed by atoms with Gasteiger partial charge in [-0.05, 0) is 13.3 Å². The maximum atomic E-state index is 11.0. The second-order valence-corrected chi connectivity index (χ2v) is 3.04. The zero-order valence-electron chi connectivity index (χ0n) is 8.67. The Kier molecular flexibility index (Phi) is 6.53. The summed E-state index contributed by atoms with van der Waals surface area (Å²) in [6, 6.07) is -1.20. The van der Waals surface area contributed by atoms with Gasteiger partial charge in [0, 0.05) is 6.54 Å². The van der Waals surface area contributed by atoms with Crippen molar-refractivity contribution in [2.45, 2.75) is 39.2 Å². The lowest BCUT2D eigenvalue weighted by molar-refractivity contribution is -0.139. The summed E-state index contributed by atoms with van der Waals surface area (Å²) in [6.45, 7) is 4.25. The number of carbonyl (C=O) groups is 2. The molecule has 2 amide bonds. The van der Waals surface area contributed by atoms with Crippen molar-refractivity contribution in [1.29, 1.82) is 0 Å². The van der Waals surface area contributed by atoms with Crippen LogP contribution in [-0.2, 0) is 4.79 Å². The second kappa shape index (κ2) is 7.17. The van der Waals surface area contributed by atoms with Gasteiger partial charge in [-0.25, -0.2) is 9.59 Å². The molecule has 0 aliphatic carbocycles. The first-order valence-electron chi connectivity index (χ1n) is 4.89. The van der Waals surface area contributed by atoms with E-state index in [1.165, 1.54) is 0 Å². The van der Waals surface area contributed by atoms with Crippen LogP contribution in [0.15, 0.2) is 0 Å². The SMILES string of the molecule is CCCC[C@@H](NC(=O)NCC)C(=O)O. The molecule has 0 unspecified atom stereocenters. The smallest absolute Gasteiger partial charge is 0.326 e. The average Bonchev–Trinajstić information content (AvgIpc) is 2.12. The van der Waals surface area contributed by atoms with Crippen LogP contribution in [0.25, 0.3) is 0 Å². The second-order valence-electron chi connectivity index (χ2n) is 3.04. The summed E-state index contributed by atoms with van der Waals surface area (Å²) in [7, 11) is 0. The van der Waals surface area contributed by atoms with Crippen LogP contribution in [0.3, 0.4) is 0 Å². The largest absolute Gasteiger partial charge is 0.480 e. The van der Waals surface area contributed by atoms with Crippen LogP contribution in [0, 0.1) is 0 Å². The van der Waals surface area contributed by atoms with E-state index in [1.54, 1.807) is 6.92 Å². The van der Waals surface area contributed by atoms with Gasteiger partial charge in [-0.3, -0.25) is 0 Å². The number of hydrogen-bond acceptors (Lipinski definition) is 2. The first-order valence-corrected chi connectivity index (χ1v) is 4.89. The Morgan fingerprint density at radius 2 is 2.00 bits per heavy atom. The fourth-order valence-corrected chi connectivity index (χ4v) is 1.04. The highest BCUT2D eigenvalue weighted by molar-refractivity contribution is 5.82. The van der Waals surface area contributed by atoms with Crippen molar-refractivity contribution in [1.82, 2.24) is 10.6 Å². The van der Waals surface area contributed by atoms with Gasteiger partial charge in [0.05, 0.1) is 0 Å². The predicted molar refractivity (Wildman–Crippen MR) is 53.2 cm³/mol. The first-order chi connectivity index (χ1) is 6.61. The Morgan fingerprint density at radius 3 is 2.43 bits per heavy atom. The van der Waals surface area contributed by atoms with Crippen molar-refractivity contribution < 1.29 is 14.7 Å². The van der Waals surface area contributed by atoms with E-state index in [-0.39, 0.29) is 0 Å². The molecule has 0 aromatic carbocycles. The van der Waals surface area contributed by atoms with Crippen molar-refractivity contribution in [3.05, 3.63) is 0 Å². The summed E-state index contributed by atoms with van der Waals surface area (Å²) in [5.74, 6) is -0.982. The van der Waals surface area contributed by atoms with Gasteiger partial charge in [-0.2, -0.15) is 0 Å². The van der Waals surface area contributed by atoms with Crippen molar-refractivity contribution in [2.24, 2.45) is 0 Å². The number of urea groups is 1. The summed E-state index contributed by atoms with van der Waals surface area (Å²) >= 11 is 0. The number of carbonyl (C=O) groups excluding carboxylic acids is 1. The Bertz CT molecular complexity index is 194. The van der Waals surface area contributed by atoms with Crippen LogP contribution in [0.4, 0.5) is 4.79 Å². The van der Waals surface area contributed by atoms with E-state index in [2.05, 4.69) is 10.6 Å². The molecule has 5 heteroatoms. The van der Waals surface area contributed by atoms with Gasteiger partial charge >= 0.3 is 12.0 Å². The van der Waals surface area contributed by atoms with Crippen LogP contribution in [0.2, 0.25) is 0 Å². The molecule has 0 aliphatic rings. The standard InChI is InChI=1S/C9H18N2O3/c1-3-5-6-7(8(12)13)11-9(14)10-4-2/h7H,3-6H2,1-2H3,(H,12,13)(H2,10,11,14)/t7-/m1/s1. The summed E-state index contributed by atoms with van der Waals surface area (Å²) in [5.41, 5.74) is 0. The molecular formula is C9H18N2O3. The Balaban J connectivity index is 3.95. The van der Waals surface area contributed by atoms with Gasteiger partial charge < -0.3 is 15.7 Å². The molecule has 3 N–H and O–H groups in total. The summed E-state index contributed by atoms with van der Waals surface area (Å²) in [4.78, 5) is 21.7. The summed E-state index contributed by atoms with van der Waals surface area (Å²) in [5, 5.41) is 13.7. The quantitative estimate of drug-likeness (QED) is 0.600. The maximum Gasteiger partial charge on any atom is 0.326 e. The third-order valence-electron chi connectivity index (χ3n) is 1.79. The lowest BCUT2D eigenvalue weighted by Crippen LogP contribution is -2.45. The van der Waals surface area contributed by atoms with Crippen LogP contribution >= 0.6 is 0 Å². The lowest BCUT2D eigenvalue weighted by Gasteiger charge is -2.13. The Labute approximate surface area is 83.9 Å². The minimum atomic E-state index is -0.982. The maximum absolute atomic E-state index is 11.0. The molecule has 0 saturated heterocycles. The molecule has 14 heavy (non-hydrogen) atoms. The van der Waals surface area contributed by atoms with Crippen LogP contribution in [0.5, 0.6) is 0 Å². The number of hydrogen-bond donors (Lipinski definition) is 3. The zero-order chi connectivity index (χ0) is 11.0. The van der Waals surface area contributed by atoms with E-state index in [0.29, 0.717) is 13.0 Å². The predicted octanol–water partition coefficient (Wildman–Crippen LogP) is 0.949. The van der Waals surface area contributed by atoms with Crippen LogP contribution in [0.1, 0.15) is 33.1 Å². The third kappa shape index (κ3) is 5.40. The molecule has 0 bridgehead atoms. The number of unbranched alkanes of at least 4 members (excludes halogenated alkanes) is 1. The van der Waals surface area contributed by atoms with Crippen molar-refractivity contribution in [2.75, 3.05) is 6.54 Å². The van der Waals surface area contributed by atoms with Gasteiger partial charge in [-0.15, -0.1) is 0 Å². The number of carboxylic acids is 1. The van der Waals surface area contributed by atoms with Gasteiger partial charge in [-0.1, -0.05) is 19.8 Å². The van der Waals surface area contributed by atoms with Gasteiger partial charge in [0.2, 0.25) is 0 Å². The van der Waals surface area contributed by atoms with E-state index in [4.69, 9.17) is 5.11 Å². The Morgan fingerprint density at radius 1 is 1.36 bits per heavy atom. The molecule has 82 valence electrons. The highest BCUT2D eigenvalue weighted by Crippen LogP contribution is 2.00. The molecule has 0 aromatic heterocycles. The van der Waals surface area contributed by atoms with Gasteiger partial charge in [0.25, 0.3) is 0 Å². The van der Waals surface area contributed by atoms with E-state index in [1.807, 2.05) is 6.92 Å². The highest BCUT2D eigenvalue weighted by Gasteiger charge is 2.18. The number of rotatable bonds is 6. The number of nitrogens with one attached hydrogen (secondary N) is 2. The topological polar surface area (TPSA) is 78.4 Å². The molecule has 0 rings (SSSR count). The third-order valence-corrected chi connectivity index (χ3v) is 1.79. The highest BCUT2D eigenvalue weighted by atomic mass is 16.4. The summed E-state index contributed by atoms with van der Waals surface area (Å²) < 4.78 is 0. The number of amides is 2. The van der Waals surface area contributed by atoms with Crippen LogP contribution in [-0.4, -0.2) is 29.7 Å². The fourth-order valence-electron chi connectivity index (χ4n) is 1.04.